The fraction of sp³-hybridized carbons (Fsp3) is 0.478. The lowest BCUT2D eigenvalue weighted by Crippen LogP contribution is -2.37. The van der Waals surface area contributed by atoms with E-state index in [4.69, 9.17) is 4.74 Å². The molecule has 0 amide bonds. The Labute approximate surface area is 164 Å². The lowest BCUT2D eigenvalue weighted by atomic mass is 10.1. The molecule has 1 atom stereocenters. The highest BCUT2D eigenvalue weighted by Gasteiger charge is 2.15. The van der Waals surface area contributed by atoms with Crippen LogP contribution in [0.3, 0.4) is 0 Å². The predicted molar refractivity (Wildman–Crippen MR) is 112 cm³/mol. The van der Waals surface area contributed by atoms with Gasteiger partial charge in [0.25, 0.3) is 0 Å². The molecule has 27 heavy (non-hydrogen) atoms. The SMILES string of the molecule is C=CCOC[C@H](O)CN(Cc1cccn1Cc1ccccc1C)CC(C)C. The Hall–Kier alpha value is -1.88. The Morgan fingerprint density at radius 1 is 1.19 bits per heavy atom. The molecule has 2 rings (SSSR count). The number of aromatic nitrogens is 1. The smallest absolute Gasteiger partial charge is 0.0900 e. The summed E-state index contributed by atoms with van der Waals surface area (Å²) in [7, 11) is 0. The Morgan fingerprint density at radius 2 is 1.96 bits per heavy atom. The number of aliphatic hydroxyl groups excluding tert-OH is 1. The minimum atomic E-state index is -0.497. The predicted octanol–water partition coefficient (Wildman–Crippen LogP) is 3.87. The van der Waals surface area contributed by atoms with Crippen LogP contribution in [-0.2, 0) is 17.8 Å². The first-order chi connectivity index (χ1) is 13.0. The van der Waals surface area contributed by atoms with Gasteiger partial charge in [-0.05, 0) is 36.1 Å². The van der Waals surface area contributed by atoms with Crippen molar-refractivity contribution in [3.8, 4) is 0 Å². The maximum absolute atomic E-state index is 10.3. The molecule has 1 aromatic heterocycles. The molecule has 1 N–H and O–H groups in total. The zero-order valence-electron chi connectivity index (χ0n) is 17.0. The summed E-state index contributed by atoms with van der Waals surface area (Å²) < 4.78 is 7.70. The van der Waals surface area contributed by atoms with E-state index in [9.17, 15) is 5.11 Å². The molecule has 4 nitrogen and oxygen atoms in total. The first-order valence-electron chi connectivity index (χ1n) is 9.77. The number of aryl methyl sites for hydroxylation is 1. The summed E-state index contributed by atoms with van der Waals surface area (Å²) in [6, 6.07) is 12.8. The molecule has 0 aliphatic rings. The van der Waals surface area contributed by atoms with E-state index in [0.717, 1.165) is 19.6 Å². The summed E-state index contributed by atoms with van der Waals surface area (Å²) >= 11 is 0. The van der Waals surface area contributed by atoms with Gasteiger partial charge in [-0.15, -0.1) is 6.58 Å². The monoisotopic (exact) mass is 370 g/mol. The van der Waals surface area contributed by atoms with Crippen LogP contribution in [-0.4, -0.2) is 47.0 Å². The summed E-state index contributed by atoms with van der Waals surface area (Å²) in [5.74, 6) is 0.533. The fourth-order valence-corrected chi connectivity index (χ4v) is 3.31. The molecule has 0 radical (unpaired) electrons. The van der Waals surface area contributed by atoms with E-state index in [-0.39, 0.29) is 0 Å². The van der Waals surface area contributed by atoms with Crippen LogP contribution >= 0.6 is 0 Å². The molecule has 0 bridgehead atoms. The van der Waals surface area contributed by atoms with Gasteiger partial charge in [-0.1, -0.05) is 44.2 Å². The Bertz CT molecular complexity index is 693. The van der Waals surface area contributed by atoms with Crippen molar-refractivity contribution >= 4 is 0 Å². The zero-order chi connectivity index (χ0) is 19.6. The van der Waals surface area contributed by atoms with Crippen molar-refractivity contribution < 1.29 is 9.84 Å². The number of rotatable bonds is 12. The van der Waals surface area contributed by atoms with Crippen LogP contribution in [0.2, 0.25) is 0 Å². The van der Waals surface area contributed by atoms with Gasteiger partial charge in [0.15, 0.2) is 0 Å². The fourth-order valence-electron chi connectivity index (χ4n) is 3.31. The van der Waals surface area contributed by atoms with Gasteiger partial charge < -0.3 is 14.4 Å². The number of ether oxygens (including phenoxy) is 1. The quantitative estimate of drug-likeness (QED) is 0.455. The van der Waals surface area contributed by atoms with Crippen molar-refractivity contribution in [3.63, 3.8) is 0 Å². The van der Waals surface area contributed by atoms with Crippen molar-refractivity contribution in [2.75, 3.05) is 26.3 Å². The first-order valence-corrected chi connectivity index (χ1v) is 9.77. The zero-order valence-corrected chi connectivity index (χ0v) is 17.0. The van der Waals surface area contributed by atoms with E-state index in [1.165, 1.54) is 16.8 Å². The van der Waals surface area contributed by atoms with Crippen molar-refractivity contribution in [2.45, 2.75) is 40.0 Å². The summed E-state index contributed by atoms with van der Waals surface area (Å²) in [6.45, 7) is 14.2. The summed E-state index contributed by atoms with van der Waals surface area (Å²) in [5.41, 5.74) is 3.91. The molecule has 4 heteroatoms. The van der Waals surface area contributed by atoms with E-state index >= 15 is 0 Å². The molecule has 1 aromatic carbocycles. The highest BCUT2D eigenvalue weighted by molar-refractivity contribution is 5.26. The normalized spacial score (nSPS) is 12.7. The summed E-state index contributed by atoms with van der Waals surface area (Å²) in [6.07, 6.45) is 3.35. The highest BCUT2D eigenvalue weighted by atomic mass is 16.5. The second-order valence-corrected chi connectivity index (χ2v) is 7.62. The molecule has 148 valence electrons. The Kier molecular flexibility index (Phi) is 8.79. The number of benzene rings is 1. The summed E-state index contributed by atoms with van der Waals surface area (Å²) in [4.78, 5) is 2.32. The van der Waals surface area contributed by atoms with Crippen molar-refractivity contribution in [2.24, 2.45) is 5.92 Å². The van der Waals surface area contributed by atoms with E-state index in [1.807, 2.05) is 0 Å². The first kappa shape index (κ1) is 21.4. The van der Waals surface area contributed by atoms with Crippen LogP contribution < -0.4 is 0 Å². The number of aliphatic hydroxyl groups is 1. The molecule has 0 aliphatic heterocycles. The number of nitrogens with zero attached hydrogens (tertiary/aromatic N) is 2. The van der Waals surface area contributed by atoms with Gasteiger partial charge >= 0.3 is 0 Å². The minimum Gasteiger partial charge on any atom is -0.389 e. The third-order valence-electron chi connectivity index (χ3n) is 4.55. The third kappa shape index (κ3) is 7.33. The second-order valence-electron chi connectivity index (χ2n) is 7.62. The van der Waals surface area contributed by atoms with Crippen LogP contribution in [0.4, 0.5) is 0 Å². The van der Waals surface area contributed by atoms with Crippen LogP contribution in [0.15, 0.2) is 55.3 Å². The second kappa shape index (κ2) is 11.1. The minimum absolute atomic E-state index is 0.338. The van der Waals surface area contributed by atoms with Gasteiger partial charge in [-0.25, -0.2) is 0 Å². The standard InChI is InChI=1S/C23H34N2O2/c1-5-13-27-18-23(26)17-24(14-19(2)3)16-22-11-8-12-25(22)15-21-10-7-6-9-20(21)4/h5-12,19,23,26H,1,13-18H2,2-4H3/t23-/m1/s1. The van der Waals surface area contributed by atoms with Gasteiger partial charge in [0.05, 0.1) is 19.3 Å². The van der Waals surface area contributed by atoms with Crippen molar-refractivity contribution in [1.29, 1.82) is 0 Å². The molecule has 0 fully saturated rings. The van der Waals surface area contributed by atoms with Crippen molar-refractivity contribution in [1.82, 2.24) is 9.47 Å². The molecule has 2 aromatic rings. The van der Waals surface area contributed by atoms with E-state index in [0.29, 0.717) is 25.7 Å². The number of hydrogen-bond donors (Lipinski definition) is 1. The number of hydrogen-bond acceptors (Lipinski definition) is 3. The van der Waals surface area contributed by atoms with E-state index in [1.54, 1.807) is 6.08 Å². The molecule has 0 unspecified atom stereocenters. The average molecular weight is 371 g/mol. The highest BCUT2D eigenvalue weighted by Crippen LogP contribution is 2.14. The molecule has 0 saturated carbocycles. The lowest BCUT2D eigenvalue weighted by Gasteiger charge is -2.27. The van der Waals surface area contributed by atoms with Gasteiger partial charge in [0, 0.05) is 38.1 Å². The lowest BCUT2D eigenvalue weighted by molar-refractivity contribution is 0.0219. The largest absolute Gasteiger partial charge is 0.389 e. The third-order valence-corrected chi connectivity index (χ3v) is 4.55. The molecular formula is C23H34N2O2. The molecular weight excluding hydrogens is 336 g/mol. The Morgan fingerprint density at radius 3 is 2.67 bits per heavy atom. The molecule has 0 spiro atoms. The van der Waals surface area contributed by atoms with Crippen LogP contribution in [0.25, 0.3) is 0 Å². The van der Waals surface area contributed by atoms with Crippen LogP contribution in [0.1, 0.15) is 30.7 Å². The maximum Gasteiger partial charge on any atom is 0.0900 e. The summed E-state index contributed by atoms with van der Waals surface area (Å²) in [5, 5.41) is 10.3. The average Bonchev–Trinajstić information content (AvgIpc) is 3.03. The van der Waals surface area contributed by atoms with Crippen molar-refractivity contribution in [3.05, 3.63) is 72.1 Å². The maximum atomic E-state index is 10.3. The van der Waals surface area contributed by atoms with Gasteiger partial charge in [0.2, 0.25) is 0 Å². The molecule has 1 heterocycles. The Balaban J connectivity index is 2.03. The molecule has 0 aliphatic carbocycles. The van der Waals surface area contributed by atoms with Crippen LogP contribution in [0.5, 0.6) is 0 Å². The van der Waals surface area contributed by atoms with E-state index < -0.39 is 6.10 Å². The van der Waals surface area contributed by atoms with Gasteiger partial charge in [-0.2, -0.15) is 0 Å². The van der Waals surface area contributed by atoms with Gasteiger partial charge in [0.1, 0.15) is 0 Å². The van der Waals surface area contributed by atoms with Gasteiger partial charge in [-0.3, -0.25) is 4.90 Å². The van der Waals surface area contributed by atoms with Crippen LogP contribution in [0, 0.1) is 12.8 Å². The van der Waals surface area contributed by atoms with E-state index in [2.05, 4.69) is 79.4 Å². The molecule has 0 saturated heterocycles. The topological polar surface area (TPSA) is 37.6 Å².